The van der Waals surface area contributed by atoms with E-state index < -0.39 is 69.0 Å². The number of carboxylic acid groups (broad SMARTS) is 2. The van der Waals surface area contributed by atoms with Gasteiger partial charge in [-0.15, -0.1) is 0 Å². The molecule has 0 radical (unpaired) electrons. The molecular formula is C82H89O20P3. The highest BCUT2D eigenvalue weighted by Crippen LogP contribution is 2.52. The molecule has 0 spiro atoms. The van der Waals surface area contributed by atoms with Crippen molar-refractivity contribution < 1.29 is 95.7 Å². The Kier molecular flexibility index (Phi) is 31.3. The minimum absolute atomic E-state index is 0. The number of aryl methyl sites for hydroxylation is 6. The van der Waals surface area contributed by atoms with E-state index in [-0.39, 0.29) is 71.0 Å². The van der Waals surface area contributed by atoms with E-state index in [0.717, 1.165) is 22.3 Å². The van der Waals surface area contributed by atoms with E-state index in [1.54, 1.807) is 217 Å². The van der Waals surface area contributed by atoms with Crippen LogP contribution >= 0.6 is 21.4 Å². The number of benzene rings is 9. The SMILES string of the molecule is C.Cc1cc(C)c(C(=O)P(=O)(c2ccccc2)c2ccccc2)c(C)c1OCCO.Cc1cc(C)c(C(=O)P(=O)(c2ccccc2)c2ccccc2)c(C)c1OCCOC(=O)OCOC(=O)OCCOc1c(C)cc(C)c(C(=O)P(=O)(c2ccccc2)c2ccccc2)c1C.O=C(O)CCCCC(=O)O. The Morgan fingerprint density at radius 1 is 0.324 bits per heavy atom. The van der Waals surface area contributed by atoms with E-state index in [1.165, 1.54) is 0 Å². The van der Waals surface area contributed by atoms with Gasteiger partial charge >= 0.3 is 24.2 Å². The Hall–Kier alpha value is -10.5. The summed E-state index contributed by atoms with van der Waals surface area (Å²) in [7, 11) is -11.2. The number of unbranched alkanes of at least 4 members (excludes halogenated alkanes) is 1. The summed E-state index contributed by atoms with van der Waals surface area (Å²) in [4.78, 5) is 87.0. The van der Waals surface area contributed by atoms with Gasteiger partial charge in [-0.25, -0.2) is 9.59 Å². The Balaban J connectivity index is 0.000000354. The number of aliphatic carboxylic acids is 2. The molecule has 0 heterocycles. The van der Waals surface area contributed by atoms with Crippen LogP contribution in [0.5, 0.6) is 17.2 Å². The quantitative estimate of drug-likeness (QED) is 0.0163. The predicted octanol–water partition coefficient (Wildman–Crippen LogP) is 15.1. The second kappa shape index (κ2) is 39.4. The lowest BCUT2D eigenvalue weighted by Crippen LogP contribution is -2.24. The number of aliphatic hydroxyl groups is 1. The smallest absolute Gasteiger partial charge is 0.491 e. The third kappa shape index (κ3) is 20.7. The summed E-state index contributed by atoms with van der Waals surface area (Å²) in [6, 6.07) is 58.0. The average Bonchev–Trinajstić information content (AvgIpc) is 0.763. The number of rotatable bonds is 30. The Morgan fingerprint density at radius 3 is 0.771 bits per heavy atom. The monoisotopic (exact) mass is 1490 g/mol. The molecule has 0 saturated heterocycles. The van der Waals surface area contributed by atoms with E-state index in [9.17, 15) is 47.3 Å². The van der Waals surface area contributed by atoms with Crippen LogP contribution < -0.4 is 46.0 Å². The molecule has 0 saturated carbocycles. The van der Waals surface area contributed by atoms with Crippen molar-refractivity contribution >= 4 is 94.1 Å². The van der Waals surface area contributed by atoms with Crippen LogP contribution in [-0.4, -0.2) is 103 Å². The van der Waals surface area contributed by atoms with E-state index >= 15 is 0 Å². The molecule has 9 aromatic rings. The topological polar surface area (TPSA) is 296 Å². The number of ether oxygens (including phenoxy) is 7. The maximum absolute atomic E-state index is 14.8. The zero-order chi connectivity index (χ0) is 75.7. The first-order valence-corrected chi connectivity index (χ1v) is 38.5. The second-order valence-corrected chi connectivity index (χ2v) is 32.1. The summed E-state index contributed by atoms with van der Waals surface area (Å²) < 4.78 is 81.6. The number of carboxylic acids is 2. The van der Waals surface area contributed by atoms with Crippen LogP contribution in [0.4, 0.5) is 9.59 Å². The van der Waals surface area contributed by atoms with Crippen molar-refractivity contribution in [1.82, 2.24) is 0 Å². The van der Waals surface area contributed by atoms with E-state index in [4.69, 9.17) is 48.5 Å². The summed E-state index contributed by atoms with van der Waals surface area (Å²) in [5.41, 5.74) is 5.57. The summed E-state index contributed by atoms with van der Waals surface area (Å²) in [6.45, 7) is 14.7. The fourth-order valence-electron chi connectivity index (χ4n) is 12.1. The highest BCUT2D eigenvalue weighted by atomic mass is 31.2. The van der Waals surface area contributed by atoms with Crippen molar-refractivity contribution in [2.75, 3.05) is 46.4 Å². The van der Waals surface area contributed by atoms with Crippen LogP contribution in [-0.2, 0) is 42.2 Å². The molecule has 3 N–H and O–H groups in total. The van der Waals surface area contributed by atoms with Crippen LogP contribution in [0, 0.1) is 62.3 Å². The van der Waals surface area contributed by atoms with Gasteiger partial charge in [0.15, 0.2) is 0 Å². The van der Waals surface area contributed by atoms with Gasteiger partial charge in [0, 0.05) is 78.0 Å². The van der Waals surface area contributed by atoms with E-state index in [1.807, 2.05) is 45.9 Å². The standard InChI is InChI=1S/C51H50O12P2.C24H25O4P.C6H10O4.CH4/c1-34-31-36(3)46(38(5)44(34)48(52)64(56,40-19-11-7-12-20-40)41-21-13-8-14-22-41)58-27-29-60-50(54)62-33-63-51(55)61-30-28-59-47-37(4)32-35(2)45(39(47)6)49(53)65(57,42-23-15-9-16-24-42)43-25-17-10-18-26-43;1-17-16-18(2)23(28-15-14-25)19(3)22(17)24(26)29(27,20-10-6-4-7-11-20)21-12-8-5-9-13-21;7-5(8)3-1-2-4-6(9)10;/h7-26,31-32H,27-30,33H2,1-6H3;4-13,16,25H,14-15H2,1-3H3;1-4H2,(H,7,8)(H,9,10);1H4. The molecule has 0 aromatic heterocycles. The van der Waals surface area contributed by atoms with Crippen LogP contribution in [0.2, 0.25) is 0 Å². The fraction of sp³-hybridized carbons (Fsp3) is 0.256. The van der Waals surface area contributed by atoms with E-state index in [2.05, 4.69) is 0 Å². The van der Waals surface area contributed by atoms with E-state index in [0.29, 0.717) is 95.3 Å². The van der Waals surface area contributed by atoms with Gasteiger partial charge in [0.05, 0.1) is 6.61 Å². The van der Waals surface area contributed by atoms with Crippen molar-refractivity contribution in [2.24, 2.45) is 0 Å². The Labute approximate surface area is 612 Å². The number of carbonyl (C=O) groups excluding carboxylic acids is 5. The molecule has 0 fully saturated rings. The highest BCUT2D eigenvalue weighted by Gasteiger charge is 2.42. The number of carbonyl (C=O) groups is 7. The maximum Gasteiger partial charge on any atom is 0.511 e. The van der Waals surface area contributed by atoms with Gasteiger partial charge in [0.1, 0.15) is 50.3 Å². The van der Waals surface area contributed by atoms with Gasteiger partial charge in [-0.1, -0.05) is 208 Å². The summed E-state index contributed by atoms with van der Waals surface area (Å²) in [5.74, 6) is -0.411. The zero-order valence-corrected chi connectivity index (χ0v) is 62.1. The molecule has 0 bridgehead atoms. The molecule has 0 unspecified atom stereocenters. The van der Waals surface area contributed by atoms with Crippen LogP contribution in [0.3, 0.4) is 0 Å². The highest BCUT2D eigenvalue weighted by molar-refractivity contribution is 7.94. The normalized spacial score (nSPS) is 11.0. The lowest BCUT2D eigenvalue weighted by Gasteiger charge is -2.22. The third-order valence-electron chi connectivity index (χ3n) is 16.7. The maximum atomic E-state index is 14.8. The summed E-state index contributed by atoms with van der Waals surface area (Å²) in [5, 5.41) is 28.1. The van der Waals surface area contributed by atoms with Crippen LogP contribution in [0.1, 0.15) is 114 Å². The van der Waals surface area contributed by atoms with Gasteiger partial charge in [0.2, 0.25) is 44.8 Å². The first-order chi connectivity index (χ1) is 49.7. The Morgan fingerprint density at radius 2 is 0.552 bits per heavy atom. The van der Waals surface area contributed by atoms with Crippen LogP contribution in [0.25, 0.3) is 0 Å². The molecule has 0 aliphatic rings. The molecule has 9 rings (SSSR count). The summed E-state index contributed by atoms with van der Waals surface area (Å²) >= 11 is 0. The van der Waals surface area contributed by atoms with Crippen molar-refractivity contribution in [3.8, 4) is 17.2 Å². The molecular weight excluding hydrogens is 1400 g/mol. The lowest BCUT2D eigenvalue weighted by atomic mass is 9.99. The number of hydrogen-bond donors (Lipinski definition) is 3. The minimum atomic E-state index is -3.79. The van der Waals surface area contributed by atoms with Gasteiger partial charge < -0.3 is 62.2 Å². The third-order valence-corrected chi connectivity index (χ3v) is 25.3. The van der Waals surface area contributed by atoms with Gasteiger partial charge in [-0.05, 0) is 109 Å². The van der Waals surface area contributed by atoms with Gasteiger partial charge in [-0.2, -0.15) is 0 Å². The first kappa shape index (κ1) is 83.5. The molecule has 105 heavy (non-hydrogen) atoms. The second-order valence-electron chi connectivity index (χ2n) is 24.1. The largest absolute Gasteiger partial charge is 0.511 e. The van der Waals surface area contributed by atoms with Crippen molar-refractivity contribution in [3.63, 3.8) is 0 Å². The summed E-state index contributed by atoms with van der Waals surface area (Å²) in [6.07, 6.45) is -1.25. The molecule has 0 atom stereocenters. The van der Waals surface area contributed by atoms with Gasteiger partial charge in [-0.3, -0.25) is 24.0 Å². The molecule has 23 heteroatoms. The molecule has 9 aromatic carbocycles. The zero-order valence-electron chi connectivity index (χ0n) is 59.5. The molecule has 0 amide bonds. The molecule has 20 nitrogen and oxygen atoms in total. The minimum Gasteiger partial charge on any atom is -0.491 e. The van der Waals surface area contributed by atoms with Crippen LogP contribution in [0.15, 0.2) is 200 Å². The lowest BCUT2D eigenvalue weighted by molar-refractivity contribution is -0.139. The van der Waals surface area contributed by atoms with Crippen molar-refractivity contribution in [2.45, 2.75) is 95.4 Å². The van der Waals surface area contributed by atoms with Crippen molar-refractivity contribution in [3.05, 3.63) is 267 Å². The average molecular weight is 1490 g/mol. The first-order valence-electron chi connectivity index (χ1n) is 33.4. The fourth-order valence-corrected chi connectivity index (χ4v) is 19.9. The van der Waals surface area contributed by atoms with Gasteiger partial charge in [0.25, 0.3) is 0 Å². The molecule has 0 aliphatic carbocycles. The predicted molar refractivity (Wildman–Crippen MR) is 408 cm³/mol. The van der Waals surface area contributed by atoms with Crippen molar-refractivity contribution in [1.29, 1.82) is 0 Å². The number of aliphatic hydroxyl groups excluding tert-OH is 1. The Bertz CT molecular complexity index is 4310. The number of hydrogen-bond acceptors (Lipinski definition) is 18. The molecule has 0 aliphatic heterocycles. The molecule has 552 valence electrons.